The maximum absolute atomic E-state index is 12.7. The Morgan fingerprint density at radius 1 is 1.31 bits per heavy atom. The number of ether oxygens (including phenoxy) is 1. The molecule has 0 aromatic rings. The highest BCUT2D eigenvalue weighted by Gasteiger charge is 2.83. The third kappa shape index (κ3) is 5.76. The molecule has 1 saturated heterocycles. The Bertz CT molecular complexity index is 1470. The Balaban J connectivity index is 0.000000189. The van der Waals surface area contributed by atoms with Gasteiger partial charge < -0.3 is 30.0 Å². The van der Waals surface area contributed by atoms with Crippen molar-refractivity contribution in [3.63, 3.8) is 0 Å². The number of nitrogens with zero attached hydrogens (tertiary/aromatic N) is 1. The lowest BCUT2D eigenvalue weighted by molar-refractivity contribution is -0.163. The summed E-state index contributed by atoms with van der Waals surface area (Å²) in [5.41, 5.74) is -1.10. The van der Waals surface area contributed by atoms with Crippen molar-refractivity contribution in [1.82, 2.24) is 0 Å². The van der Waals surface area contributed by atoms with E-state index in [-0.39, 0.29) is 30.0 Å². The van der Waals surface area contributed by atoms with Crippen LogP contribution in [0.15, 0.2) is 52.4 Å². The predicted molar refractivity (Wildman–Crippen MR) is 183 cm³/mol. The SMILES string of the molecule is C=C1C[C@]23C[C@@]1(O)CC[C@H]2[C@@]12C=C[C@H](O)[C@@](C)(C(=O)O1)[C@H]2[C@@H]3C(=O)O.CCSC(C)CC1CC(=O)C(/C(CC)=N/OC/C=C/Cl)=C(O)C1. The third-order valence-corrected chi connectivity index (χ3v) is 13.1. The molecule has 0 radical (unpaired) electrons. The van der Waals surface area contributed by atoms with Crippen LogP contribution in [-0.4, -0.2) is 78.8 Å². The molecular formula is C36H48ClNO9S. The molecule has 12 heteroatoms. The van der Waals surface area contributed by atoms with E-state index in [1.807, 2.05) is 18.7 Å². The Labute approximate surface area is 291 Å². The first-order valence-electron chi connectivity index (χ1n) is 16.9. The summed E-state index contributed by atoms with van der Waals surface area (Å²) in [4.78, 5) is 42.6. The number of oxime groups is 1. The lowest BCUT2D eigenvalue weighted by Gasteiger charge is -2.44. The van der Waals surface area contributed by atoms with Crippen molar-refractivity contribution >= 4 is 46.8 Å². The van der Waals surface area contributed by atoms with Gasteiger partial charge in [0.2, 0.25) is 0 Å². The number of halogens is 1. The van der Waals surface area contributed by atoms with Crippen LogP contribution >= 0.6 is 23.4 Å². The molecule has 5 aliphatic carbocycles. The fraction of sp³-hybridized carbons (Fsp3) is 0.667. The zero-order chi connectivity index (χ0) is 35.2. The molecule has 10 nitrogen and oxygen atoms in total. The van der Waals surface area contributed by atoms with Gasteiger partial charge in [-0.05, 0) is 80.3 Å². The highest BCUT2D eigenvalue weighted by molar-refractivity contribution is 7.99. The van der Waals surface area contributed by atoms with E-state index in [4.69, 9.17) is 21.2 Å². The van der Waals surface area contributed by atoms with Gasteiger partial charge in [-0.2, -0.15) is 11.8 Å². The lowest BCUT2D eigenvalue weighted by atomic mass is 9.61. The summed E-state index contributed by atoms with van der Waals surface area (Å²) in [7, 11) is 0. The Morgan fingerprint density at radius 3 is 2.67 bits per heavy atom. The molecule has 1 aliphatic heterocycles. The number of aliphatic hydroxyl groups excluding tert-OH is 2. The van der Waals surface area contributed by atoms with Crippen LogP contribution in [-0.2, 0) is 24.0 Å². The van der Waals surface area contributed by atoms with Crippen LogP contribution in [0.4, 0.5) is 0 Å². The van der Waals surface area contributed by atoms with E-state index in [9.17, 15) is 34.8 Å². The number of hydrogen-bond acceptors (Lipinski definition) is 10. The summed E-state index contributed by atoms with van der Waals surface area (Å²) in [6.45, 7) is 12.1. The number of carbonyl (C=O) groups is 3. The number of carboxylic acids is 1. The summed E-state index contributed by atoms with van der Waals surface area (Å²) >= 11 is 7.30. The van der Waals surface area contributed by atoms with E-state index >= 15 is 0 Å². The zero-order valence-corrected chi connectivity index (χ0v) is 29.7. The van der Waals surface area contributed by atoms with Crippen LogP contribution in [0.3, 0.4) is 0 Å². The smallest absolute Gasteiger partial charge is 0.316 e. The quantitative estimate of drug-likeness (QED) is 0.0711. The van der Waals surface area contributed by atoms with Crippen molar-refractivity contribution in [1.29, 1.82) is 0 Å². The monoisotopic (exact) mass is 705 g/mol. The summed E-state index contributed by atoms with van der Waals surface area (Å²) in [5.74, 6) is -1.80. The molecule has 2 unspecified atom stereocenters. The molecule has 4 fully saturated rings. The average Bonchev–Trinajstić information content (AvgIpc) is 3.44. The Morgan fingerprint density at radius 2 is 2.04 bits per heavy atom. The molecule has 0 aromatic heterocycles. The fourth-order valence-corrected chi connectivity index (χ4v) is 11.0. The zero-order valence-electron chi connectivity index (χ0n) is 28.1. The van der Waals surface area contributed by atoms with Crippen molar-refractivity contribution < 1.29 is 44.4 Å². The second-order valence-electron chi connectivity index (χ2n) is 14.5. The van der Waals surface area contributed by atoms with Crippen LogP contribution in [0.2, 0.25) is 0 Å². The maximum atomic E-state index is 12.7. The first-order valence-corrected chi connectivity index (χ1v) is 18.4. The molecule has 1 spiro atoms. The van der Waals surface area contributed by atoms with E-state index in [1.165, 1.54) is 5.54 Å². The van der Waals surface area contributed by atoms with Gasteiger partial charge in [0.1, 0.15) is 23.4 Å². The molecule has 48 heavy (non-hydrogen) atoms. The van der Waals surface area contributed by atoms with Crippen molar-refractivity contribution in [3.8, 4) is 0 Å². The number of allylic oxidation sites excluding steroid dienone is 2. The molecule has 6 rings (SSSR count). The predicted octanol–water partition coefficient (Wildman–Crippen LogP) is 5.87. The minimum absolute atomic E-state index is 0.0375. The number of Topliss-reactive ketones (excluding diaryl/α,β-unsaturated/α-hetero) is 1. The standard InChI is InChI=1S/C19H22O6.C17H26ClNO3S/c1-9-7-17-8-18(9,24)5-3-10(17)19-6-4-11(20)16(2,15(23)25-19)13(19)12(17)14(21)22;1-4-14(19-22-8-6-7-18)17-15(20)10-13(11-16(17)21)9-12(3)23-5-2/h4,6,10-13,20,24H,1,3,5,7-8H2,2H3,(H,21,22);6-7,12-13,20H,4-5,8-11H2,1-3H3/b;7-6+,19-14+/t10-,11+,12-,13-,16-,17+,18+,19-;/m1./s1. The lowest BCUT2D eigenvalue weighted by Crippen LogP contribution is -2.50. The number of carboxylic acid groups (broad SMARTS) is 1. The molecule has 1 heterocycles. The second-order valence-corrected chi connectivity index (χ2v) is 16.5. The van der Waals surface area contributed by atoms with Gasteiger partial charge in [0.15, 0.2) is 5.78 Å². The van der Waals surface area contributed by atoms with Gasteiger partial charge in [0.25, 0.3) is 0 Å². The number of rotatable bonds is 10. The van der Waals surface area contributed by atoms with Crippen molar-refractivity contribution in [3.05, 3.63) is 47.2 Å². The number of esters is 1. The van der Waals surface area contributed by atoms with Crippen molar-refractivity contribution in [2.75, 3.05) is 12.4 Å². The fourth-order valence-electron chi connectivity index (χ4n) is 9.90. The molecule has 0 amide bonds. The molecule has 4 N–H and O–H groups in total. The Hall–Kier alpha value is -2.60. The van der Waals surface area contributed by atoms with Crippen molar-refractivity contribution in [2.24, 2.45) is 39.7 Å². The van der Waals surface area contributed by atoms with Crippen LogP contribution in [0, 0.1) is 34.5 Å². The van der Waals surface area contributed by atoms with Crippen LogP contribution < -0.4 is 0 Å². The highest BCUT2D eigenvalue weighted by Crippen LogP contribution is 2.77. The van der Waals surface area contributed by atoms with Gasteiger partial charge in [-0.25, -0.2) is 0 Å². The van der Waals surface area contributed by atoms with E-state index in [0.717, 1.165) is 12.2 Å². The second kappa shape index (κ2) is 13.6. The topological polar surface area (TPSA) is 163 Å². The molecule has 4 bridgehead atoms. The highest BCUT2D eigenvalue weighted by atomic mass is 35.5. The van der Waals surface area contributed by atoms with Gasteiger partial charge in [-0.3, -0.25) is 14.4 Å². The number of hydrogen-bond donors (Lipinski definition) is 4. The van der Waals surface area contributed by atoms with Gasteiger partial charge >= 0.3 is 11.9 Å². The summed E-state index contributed by atoms with van der Waals surface area (Å²) in [6.07, 6.45) is 8.20. The molecular weight excluding hydrogens is 658 g/mol. The summed E-state index contributed by atoms with van der Waals surface area (Å²) in [6, 6.07) is 0. The van der Waals surface area contributed by atoms with Gasteiger partial charge in [0, 0.05) is 35.5 Å². The normalized spacial score (nSPS) is 40.4. The first-order chi connectivity index (χ1) is 22.6. The van der Waals surface area contributed by atoms with E-state index in [0.29, 0.717) is 67.1 Å². The molecule has 10 atom stereocenters. The number of carbonyl (C=O) groups excluding carboxylic acids is 2. The number of aliphatic hydroxyl groups is 3. The number of fused-ring (bicyclic) bond motifs is 1. The van der Waals surface area contributed by atoms with Crippen LogP contribution in [0.5, 0.6) is 0 Å². The van der Waals surface area contributed by atoms with Crippen LogP contribution in [0.1, 0.15) is 79.1 Å². The first kappa shape index (κ1) is 36.7. The minimum atomic E-state index is -1.27. The van der Waals surface area contributed by atoms with Gasteiger partial charge in [-0.1, -0.05) is 50.2 Å². The molecule has 6 aliphatic rings. The minimum Gasteiger partial charge on any atom is -0.511 e. The molecule has 0 aromatic carbocycles. The molecule has 3 saturated carbocycles. The van der Waals surface area contributed by atoms with E-state index in [2.05, 4.69) is 25.6 Å². The van der Waals surface area contributed by atoms with E-state index < -0.39 is 51.9 Å². The summed E-state index contributed by atoms with van der Waals surface area (Å²) in [5, 5.41) is 46.4. The van der Waals surface area contributed by atoms with Crippen LogP contribution in [0.25, 0.3) is 0 Å². The number of thioether (sulfide) groups is 1. The van der Waals surface area contributed by atoms with Gasteiger partial charge in [0.05, 0.1) is 28.9 Å². The van der Waals surface area contributed by atoms with Gasteiger partial charge in [-0.15, -0.1) is 0 Å². The van der Waals surface area contributed by atoms with Crippen molar-refractivity contribution in [2.45, 2.75) is 102 Å². The number of ketones is 1. The summed E-state index contributed by atoms with van der Waals surface area (Å²) < 4.78 is 5.87. The average molecular weight is 706 g/mol. The largest absolute Gasteiger partial charge is 0.511 e. The maximum Gasteiger partial charge on any atom is 0.316 e. The number of aliphatic carboxylic acids is 1. The Kier molecular flexibility index (Phi) is 10.4. The third-order valence-electron chi connectivity index (χ3n) is 11.8. The molecule has 264 valence electrons. The van der Waals surface area contributed by atoms with E-state index in [1.54, 1.807) is 25.2 Å².